The van der Waals surface area contributed by atoms with Crippen LogP contribution < -0.4 is 5.32 Å². The average molecular weight is 280 g/mol. The van der Waals surface area contributed by atoms with Crippen molar-refractivity contribution in [2.24, 2.45) is 17.8 Å². The second-order valence-electron chi connectivity index (χ2n) is 7.61. The summed E-state index contributed by atoms with van der Waals surface area (Å²) in [5.74, 6) is 2.43. The van der Waals surface area contributed by atoms with Crippen LogP contribution in [0.2, 0.25) is 0 Å². The summed E-state index contributed by atoms with van der Waals surface area (Å²) < 4.78 is 0. The third-order valence-corrected chi connectivity index (χ3v) is 4.76. The summed E-state index contributed by atoms with van der Waals surface area (Å²) in [6.45, 7) is 9.84. The number of carbonyl (C=O) groups excluding carboxylic acids is 1. The zero-order chi connectivity index (χ0) is 14.7. The first-order valence-corrected chi connectivity index (χ1v) is 8.54. The third-order valence-electron chi connectivity index (χ3n) is 4.76. The van der Waals surface area contributed by atoms with E-state index >= 15 is 0 Å². The van der Waals surface area contributed by atoms with Crippen molar-refractivity contribution in [3.05, 3.63) is 0 Å². The van der Waals surface area contributed by atoms with Crippen molar-refractivity contribution in [2.45, 2.75) is 78.4 Å². The molecule has 1 aliphatic carbocycles. The highest BCUT2D eigenvalue weighted by Gasteiger charge is 2.39. The average Bonchev–Trinajstić information content (AvgIpc) is 2.53. The molecule has 2 fully saturated rings. The van der Waals surface area contributed by atoms with Gasteiger partial charge in [-0.15, -0.1) is 0 Å². The van der Waals surface area contributed by atoms with Gasteiger partial charge in [-0.1, -0.05) is 47.0 Å². The maximum atomic E-state index is 12.6. The van der Waals surface area contributed by atoms with Gasteiger partial charge in [0.2, 0.25) is 5.91 Å². The molecule has 3 heteroatoms. The molecule has 2 atom stereocenters. The maximum Gasteiger partial charge on any atom is 0.241 e. The number of rotatable bonds is 7. The maximum absolute atomic E-state index is 12.6. The molecule has 1 amide bonds. The predicted molar refractivity (Wildman–Crippen MR) is 83.3 cm³/mol. The van der Waals surface area contributed by atoms with Gasteiger partial charge in [-0.05, 0) is 37.0 Å². The number of carbonyl (C=O) groups is 1. The molecule has 1 saturated heterocycles. The second kappa shape index (κ2) is 6.93. The van der Waals surface area contributed by atoms with Gasteiger partial charge >= 0.3 is 0 Å². The minimum atomic E-state index is 0.0557. The summed E-state index contributed by atoms with van der Waals surface area (Å²) in [5.41, 5.74) is 0. The molecule has 2 rings (SSSR count). The predicted octanol–water partition coefficient (Wildman–Crippen LogP) is 3.40. The lowest BCUT2D eigenvalue weighted by molar-refractivity contribution is -0.130. The topological polar surface area (TPSA) is 32.3 Å². The van der Waals surface area contributed by atoms with Crippen molar-refractivity contribution < 1.29 is 4.79 Å². The summed E-state index contributed by atoms with van der Waals surface area (Å²) in [6, 6.07) is 0.0557. The Morgan fingerprint density at radius 1 is 1.15 bits per heavy atom. The van der Waals surface area contributed by atoms with Crippen molar-refractivity contribution in [3.8, 4) is 0 Å². The Bertz CT molecular complexity index is 323. The summed E-state index contributed by atoms with van der Waals surface area (Å²) in [6.07, 6.45) is 7.66. The van der Waals surface area contributed by atoms with Crippen molar-refractivity contribution >= 4 is 5.91 Å². The summed E-state index contributed by atoms with van der Waals surface area (Å²) in [4.78, 5) is 14.8. The second-order valence-corrected chi connectivity index (χ2v) is 7.61. The van der Waals surface area contributed by atoms with E-state index in [-0.39, 0.29) is 12.2 Å². The SMILES string of the molecule is CC(C)CC1NC(CC(C)C)N(CCC2CCC2)C1=O. The van der Waals surface area contributed by atoms with Crippen LogP contribution in [-0.2, 0) is 4.79 Å². The Morgan fingerprint density at radius 3 is 2.30 bits per heavy atom. The molecular weight excluding hydrogens is 248 g/mol. The van der Waals surface area contributed by atoms with E-state index in [1.165, 1.54) is 25.7 Å². The highest BCUT2D eigenvalue weighted by Crippen LogP contribution is 2.31. The Balaban J connectivity index is 1.93. The van der Waals surface area contributed by atoms with Crippen molar-refractivity contribution in [2.75, 3.05) is 6.54 Å². The number of nitrogens with one attached hydrogen (secondary N) is 1. The van der Waals surface area contributed by atoms with Gasteiger partial charge in [-0.3, -0.25) is 10.1 Å². The van der Waals surface area contributed by atoms with Crippen LogP contribution in [0.25, 0.3) is 0 Å². The molecule has 2 unspecified atom stereocenters. The molecule has 2 aliphatic rings. The molecule has 0 aromatic carbocycles. The van der Waals surface area contributed by atoms with Gasteiger partial charge in [0.05, 0.1) is 12.2 Å². The van der Waals surface area contributed by atoms with Gasteiger partial charge < -0.3 is 4.90 Å². The standard InChI is InChI=1S/C17H32N2O/c1-12(2)10-15-17(20)19(9-8-14-6-5-7-14)16(18-15)11-13(3)4/h12-16,18H,5-11H2,1-4H3. The van der Waals surface area contributed by atoms with E-state index in [0.717, 1.165) is 25.3 Å². The lowest BCUT2D eigenvalue weighted by Crippen LogP contribution is -2.39. The van der Waals surface area contributed by atoms with E-state index < -0.39 is 0 Å². The van der Waals surface area contributed by atoms with Crippen LogP contribution in [0.5, 0.6) is 0 Å². The first-order chi connectivity index (χ1) is 9.47. The molecule has 0 bridgehead atoms. The first-order valence-electron chi connectivity index (χ1n) is 8.54. The van der Waals surface area contributed by atoms with E-state index in [0.29, 0.717) is 17.7 Å². The number of hydrogen-bond donors (Lipinski definition) is 1. The molecular formula is C17H32N2O. The molecule has 0 spiro atoms. The summed E-state index contributed by atoms with van der Waals surface area (Å²) in [5, 5.41) is 3.59. The van der Waals surface area contributed by atoms with Crippen LogP contribution in [0, 0.1) is 17.8 Å². The zero-order valence-electron chi connectivity index (χ0n) is 13.7. The quantitative estimate of drug-likeness (QED) is 0.775. The van der Waals surface area contributed by atoms with Gasteiger partial charge in [0.1, 0.15) is 0 Å². The van der Waals surface area contributed by atoms with E-state index in [1.807, 2.05) is 0 Å². The van der Waals surface area contributed by atoms with E-state index in [9.17, 15) is 4.79 Å². The van der Waals surface area contributed by atoms with Crippen LogP contribution in [-0.4, -0.2) is 29.6 Å². The monoisotopic (exact) mass is 280 g/mol. The van der Waals surface area contributed by atoms with Crippen molar-refractivity contribution in [3.63, 3.8) is 0 Å². The number of hydrogen-bond acceptors (Lipinski definition) is 2. The minimum absolute atomic E-state index is 0.0557. The van der Waals surface area contributed by atoms with Gasteiger partial charge in [0, 0.05) is 6.54 Å². The molecule has 1 heterocycles. The minimum Gasteiger partial charge on any atom is -0.326 e. The molecule has 3 nitrogen and oxygen atoms in total. The lowest BCUT2D eigenvalue weighted by atomic mass is 9.83. The Hall–Kier alpha value is -0.570. The molecule has 20 heavy (non-hydrogen) atoms. The van der Waals surface area contributed by atoms with Crippen LogP contribution in [0.3, 0.4) is 0 Å². The Kier molecular flexibility index (Phi) is 5.48. The van der Waals surface area contributed by atoms with Crippen LogP contribution >= 0.6 is 0 Å². The molecule has 1 saturated carbocycles. The first kappa shape index (κ1) is 15.8. The molecule has 0 radical (unpaired) electrons. The summed E-state index contributed by atoms with van der Waals surface area (Å²) >= 11 is 0. The lowest BCUT2D eigenvalue weighted by Gasteiger charge is -2.30. The largest absolute Gasteiger partial charge is 0.326 e. The van der Waals surface area contributed by atoms with Gasteiger partial charge in [-0.2, -0.15) is 0 Å². The molecule has 1 N–H and O–H groups in total. The van der Waals surface area contributed by atoms with E-state index in [1.54, 1.807) is 0 Å². The molecule has 0 aromatic heterocycles. The fourth-order valence-corrected chi connectivity index (χ4v) is 3.40. The van der Waals surface area contributed by atoms with E-state index in [4.69, 9.17) is 0 Å². The zero-order valence-corrected chi connectivity index (χ0v) is 13.7. The fourth-order valence-electron chi connectivity index (χ4n) is 3.40. The van der Waals surface area contributed by atoms with E-state index in [2.05, 4.69) is 37.9 Å². The summed E-state index contributed by atoms with van der Waals surface area (Å²) in [7, 11) is 0. The molecule has 0 aromatic rings. The Labute approximate surface area is 124 Å². The normalized spacial score (nSPS) is 27.7. The van der Waals surface area contributed by atoms with Crippen LogP contribution in [0.15, 0.2) is 0 Å². The smallest absolute Gasteiger partial charge is 0.241 e. The highest BCUT2D eigenvalue weighted by molar-refractivity contribution is 5.84. The number of amides is 1. The Morgan fingerprint density at radius 2 is 1.80 bits per heavy atom. The van der Waals surface area contributed by atoms with Gasteiger partial charge in [0.15, 0.2) is 0 Å². The number of nitrogens with zero attached hydrogens (tertiary/aromatic N) is 1. The third kappa shape index (κ3) is 3.97. The van der Waals surface area contributed by atoms with Crippen LogP contribution in [0.4, 0.5) is 0 Å². The molecule has 116 valence electrons. The van der Waals surface area contributed by atoms with Gasteiger partial charge in [0.25, 0.3) is 0 Å². The fraction of sp³-hybridized carbons (Fsp3) is 0.941. The van der Waals surface area contributed by atoms with Gasteiger partial charge in [-0.25, -0.2) is 0 Å². The van der Waals surface area contributed by atoms with Crippen molar-refractivity contribution in [1.29, 1.82) is 0 Å². The van der Waals surface area contributed by atoms with Crippen LogP contribution in [0.1, 0.15) is 66.2 Å². The van der Waals surface area contributed by atoms with Crippen molar-refractivity contribution in [1.82, 2.24) is 10.2 Å². The highest BCUT2D eigenvalue weighted by atomic mass is 16.2. The molecule has 1 aliphatic heterocycles.